The molecule has 0 bridgehead atoms. The number of nitrogens with zero attached hydrogens (tertiary/aromatic N) is 1. The Kier molecular flexibility index (Phi) is 6.31. The molecule has 0 atom stereocenters. The molecular weight excluding hydrogens is 358 g/mol. The lowest BCUT2D eigenvalue weighted by atomic mass is 10.1. The molecule has 0 unspecified atom stereocenters. The van der Waals surface area contributed by atoms with Crippen molar-refractivity contribution in [3.63, 3.8) is 0 Å². The molecule has 1 heterocycles. The van der Waals surface area contributed by atoms with Crippen LogP contribution in [0, 0.1) is 6.92 Å². The first kappa shape index (κ1) is 19.8. The van der Waals surface area contributed by atoms with E-state index >= 15 is 0 Å². The maximum atomic E-state index is 12.5. The van der Waals surface area contributed by atoms with Gasteiger partial charge in [-0.05, 0) is 50.7 Å². The topological polar surface area (TPSA) is 82.1 Å². The van der Waals surface area contributed by atoms with E-state index in [2.05, 4.69) is 0 Å². The lowest BCUT2D eigenvalue weighted by Crippen LogP contribution is -2.35. The molecule has 0 spiro atoms. The zero-order valence-corrected chi connectivity index (χ0v) is 16.1. The molecule has 1 aromatic rings. The van der Waals surface area contributed by atoms with E-state index in [1.54, 1.807) is 39.2 Å². The van der Waals surface area contributed by atoms with Gasteiger partial charge in [0.05, 0.1) is 25.2 Å². The Morgan fingerprint density at radius 2 is 1.92 bits per heavy atom. The van der Waals surface area contributed by atoms with Crippen molar-refractivity contribution in [1.29, 1.82) is 0 Å². The summed E-state index contributed by atoms with van der Waals surface area (Å²) in [6, 6.07) is 3.50. The van der Waals surface area contributed by atoms with E-state index < -0.39 is 23.7 Å². The highest BCUT2D eigenvalue weighted by atomic mass is 32.2. The summed E-state index contributed by atoms with van der Waals surface area (Å²) in [4.78, 5) is 37.4. The first-order valence-electron chi connectivity index (χ1n) is 7.94. The molecule has 1 aromatic carbocycles. The fourth-order valence-electron chi connectivity index (χ4n) is 2.51. The van der Waals surface area contributed by atoms with E-state index in [0.717, 1.165) is 22.2 Å². The number of methoxy groups -OCH3 is 2. The highest BCUT2D eigenvalue weighted by Crippen LogP contribution is 2.37. The van der Waals surface area contributed by atoms with Crippen molar-refractivity contribution >= 4 is 35.0 Å². The third-order valence-corrected chi connectivity index (χ3v) is 4.53. The van der Waals surface area contributed by atoms with Gasteiger partial charge >= 0.3 is 5.97 Å². The van der Waals surface area contributed by atoms with Gasteiger partial charge in [-0.15, -0.1) is 0 Å². The molecule has 1 saturated heterocycles. The maximum Gasteiger partial charge on any atom is 0.326 e. The van der Waals surface area contributed by atoms with Crippen molar-refractivity contribution in [2.75, 3.05) is 20.8 Å². The second-order valence-electron chi connectivity index (χ2n) is 5.82. The zero-order valence-electron chi connectivity index (χ0n) is 15.3. The molecule has 1 aliphatic heterocycles. The van der Waals surface area contributed by atoms with E-state index in [1.807, 2.05) is 6.92 Å². The van der Waals surface area contributed by atoms with E-state index in [9.17, 15) is 14.4 Å². The smallest absolute Gasteiger partial charge is 0.326 e. The highest BCUT2D eigenvalue weighted by molar-refractivity contribution is 8.18. The summed E-state index contributed by atoms with van der Waals surface area (Å²) in [7, 11) is 3.08. The Bertz CT molecular complexity index is 771. The average molecular weight is 379 g/mol. The summed E-state index contributed by atoms with van der Waals surface area (Å²) in [5, 5.41) is -0.508. The Hall–Kier alpha value is -2.48. The number of esters is 1. The van der Waals surface area contributed by atoms with Crippen molar-refractivity contribution in [3.8, 4) is 11.5 Å². The van der Waals surface area contributed by atoms with E-state index in [-0.39, 0.29) is 11.0 Å². The van der Waals surface area contributed by atoms with Crippen LogP contribution in [0.2, 0.25) is 0 Å². The van der Waals surface area contributed by atoms with Crippen molar-refractivity contribution < 1.29 is 28.6 Å². The normalized spacial score (nSPS) is 15.8. The molecule has 0 saturated carbocycles. The van der Waals surface area contributed by atoms with Gasteiger partial charge in [0.25, 0.3) is 11.1 Å². The van der Waals surface area contributed by atoms with Crippen LogP contribution in [0.15, 0.2) is 17.0 Å². The number of imide groups is 1. The molecule has 26 heavy (non-hydrogen) atoms. The Morgan fingerprint density at radius 1 is 1.23 bits per heavy atom. The largest absolute Gasteiger partial charge is 0.496 e. The molecular formula is C18H21NO6S. The number of hydrogen-bond acceptors (Lipinski definition) is 7. The van der Waals surface area contributed by atoms with E-state index in [4.69, 9.17) is 14.2 Å². The van der Waals surface area contributed by atoms with Crippen LogP contribution in [0.5, 0.6) is 11.5 Å². The number of carbonyl (C=O) groups excluding carboxylic acids is 3. The van der Waals surface area contributed by atoms with Gasteiger partial charge in [0, 0.05) is 11.1 Å². The van der Waals surface area contributed by atoms with Gasteiger partial charge < -0.3 is 14.2 Å². The standard InChI is InChI=1S/C18H21NO6S/c1-10(2)25-15(20)9-19-17(21)14(26-18(19)22)8-12-6-7-13(23-4)11(3)16(12)24-5/h6-8,10H,9H2,1-5H3/b14-8+. The monoisotopic (exact) mass is 379 g/mol. The van der Waals surface area contributed by atoms with Crippen LogP contribution in [0.3, 0.4) is 0 Å². The number of carbonyl (C=O) groups is 3. The molecule has 2 rings (SSSR count). The summed E-state index contributed by atoms with van der Waals surface area (Å²) in [5.41, 5.74) is 1.42. The zero-order chi connectivity index (χ0) is 19.4. The summed E-state index contributed by atoms with van der Waals surface area (Å²) >= 11 is 0.776. The molecule has 1 aliphatic rings. The second kappa shape index (κ2) is 8.27. The summed E-state index contributed by atoms with van der Waals surface area (Å²) in [5.74, 6) is 0.0524. The first-order valence-corrected chi connectivity index (χ1v) is 8.76. The molecule has 1 fully saturated rings. The maximum absolute atomic E-state index is 12.5. The van der Waals surface area contributed by atoms with Crippen LogP contribution in [-0.2, 0) is 14.3 Å². The highest BCUT2D eigenvalue weighted by Gasteiger charge is 2.37. The van der Waals surface area contributed by atoms with Gasteiger partial charge in [0.2, 0.25) is 0 Å². The lowest BCUT2D eigenvalue weighted by Gasteiger charge is -2.14. The van der Waals surface area contributed by atoms with Crippen molar-refractivity contribution in [2.45, 2.75) is 26.9 Å². The summed E-state index contributed by atoms with van der Waals surface area (Å²) in [6.07, 6.45) is 1.26. The van der Waals surface area contributed by atoms with Crippen LogP contribution in [0.25, 0.3) is 6.08 Å². The number of amides is 2. The second-order valence-corrected chi connectivity index (χ2v) is 6.81. The molecule has 0 aromatic heterocycles. The summed E-state index contributed by atoms with van der Waals surface area (Å²) < 4.78 is 15.7. The molecule has 7 nitrogen and oxygen atoms in total. The number of benzene rings is 1. The van der Waals surface area contributed by atoms with Crippen molar-refractivity contribution in [3.05, 3.63) is 28.2 Å². The Morgan fingerprint density at radius 3 is 2.50 bits per heavy atom. The first-order chi connectivity index (χ1) is 12.3. The van der Waals surface area contributed by atoms with Crippen LogP contribution in [-0.4, -0.2) is 48.9 Å². The van der Waals surface area contributed by atoms with Crippen molar-refractivity contribution in [1.82, 2.24) is 4.90 Å². The van der Waals surface area contributed by atoms with Crippen LogP contribution in [0.4, 0.5) is 4.79 Å². The fourth-order valence-corrected chi connectivity index (χ4v) is 3.34. The van der Waals surface area contributed by atoms with Gasteiger partial charge in [-0.3, -0.25) is 19.3 Å². The Labute approximate surface area is 156 Å². The van der Waals surface area contributed by atoms with Gasteiger partial charge in [0.15, 0.2) is 0 Å². The quantitative estimate of drug-likeness (QED) is 0.555. The number of rotatable bonds is 6. The third-order valence-electron chi connectivity index (χ3n) is 3.63. The van der Waals surface area contributed by atoms with Crippen LogP contribution >= 0.6 is 11.8 Å². The molecule has 8 heteroatoms. The summed E-state index contributed by atoms with van der Waals surface area (Å²) in [6.45, 7) is 4.83. The fraction of sp³-hybridized carbons (Fsp3) is 0.389. The lowest BCUT2D eigenvalue weighted by molar-refractivity contribution is -0.149. The molecule has 2 amide bonds. The number of thioether (sulfide) groups is 1. The van der Waals surface area contributed by atoms with E-state index in [0.29, 0.717) is 17.1 Å². The van der Waals surface area contributed by atoms with Crippen LogP contribution < -0.4 is 9.47 Å². The minimum Gasteiger partial charge on any atom is -0.496 e. The molecule has 0 N–H and O–H groups in total. The molecule has 0 aliphatic carbocycles. The third kappa shape index (κ3) is 4.19. The van der Waals surface area contributed by atoms with Gasteiger partial charge in [-0.2, -0.15) is 0 Å². The molecule has 140 valence electrons. The minimum atomic E-state index is -0.624. The van der Waals surface area contributed by atoms with E-state index in [1.165, 1.54) is 7.11 Å². The van der Waals surface area contributed by atoms with Gasteiger partial charge in [-0.25, -0.2) is 0 Å². The minimum absolute atomic E-state index is 0.218. The van der Waals surface area contributed by atoms with Crippen LogP contribution in [0.1, 0.15) is 25.0 Å². The van der Waals surface area contributed by atoms with Crippen molar-refractivity contribution in [2.24, 2.45) is 0 Å². The molecule has 0 radical (unpaired) electrons. The predicted molar refractivity (Wildman–Crippen MR) is 98.2 cm³/mol. The average Bonchev–Trinajstić information content (AvgIpc) is 2.82. The SMILES string of the molecule is COc1ccc(/C=C2/SC(=O)N(CC(=O)OC(C)C)C2=O)c(OC)c1C. The van der Waals surface area contributed by atoms with Gasteiger partial charge in [0.1, 0.15) is 18.0 Å². The number of ether oxygens (including phenoxy) is 3. The number of hydrogen-bond donors (Lipinski definition) is 0. The van der Waals surface area contributed by atoms with Gasteiger partial charge in [-0.1, -0.05) is 0 Å². The Balaban J connectivity index is 2.28. The predicted octanol–water partition coefficient (Wildman–Crippen LogP) is 3.00.